The maximum Gasteiger partial charge on any atom is 3.00 e. The molecule has 0 unspecified atom stereocenters. The second-order valence-corrected chi connectivity index (χ2v) is 16.2. The van der Waals surface area contributed by atoms with Crippen molar-refractivity contribution in [3.63, 3.8) is 0 Å². The first-order valence-electron chi connectivity index (χ1n) is 16.6. The van der Waals surface area contributed by atoms with E-state index in [-0.39, 0.29) is 54.3 Å². The summed E-state index contributed by atoms with van der Waals surface area (Å²) in [4.78, 5) is 18.4. The topological polar surface area (TPSA) is 57.4 Å². The molecule has 1 radical (unpaired) electrons. The third-order valence-corrected chi connectivity index (χ3v) is 11.4. The van der Waals surface area contributed by atoms with Gasteiger partial charge in [0, 0.05) is 62.2 Å². The summed E-state index contributed by atoms with van der Waals surface area (Å²) in [6.45, 7) is 0. The number of halogens is 7. The molecule has 3 aromatic heterocycles. The Bertz CT molecular complexity index is 2390. The van der Waals surface area contributed by atoms with E-state index in [4.69, 9.17) is 9.97 Å². The molecule has 8 bridgehead atoms. The number of hydrogen-bond acceptors (Lipinski definition) is 2. The van der Waals surface area contributed by atoms with Gasteiger partial charge < -0.3 is 47.2 Å². The summed E-state index contributed by atoms with van der Waals surface area (Å²) >= 11 is 14.5. The van der Waals surface area contributed by atoms with Gasteiger partial charge in [-0.3, -0.25) is 0 Å². The Morgan fingerprint density at radius 3 is 0.696 bits per heavy atom. The van der Waals surface area contributed by atoms with E-state index in [1.807, 2.05) is 0 Å². The van der Waals surface area contributed by atoms with Crippen molar-refractivity contribution in [3.8, 4) is 44.5 Å². The molecule has 0 fully saturated rings. The van der Waals surface area contributed by atoms with Gasteiger partial charge in [-0.25, -0.2) is 9.97 Å². The van der Waals surface area contributed by atoms with Gasteiger partial charge in [-0.15, -0.1) is 0 Å². The quantitative estimate of drug-likeness (QED) is 0.233. The second kappa shape index (κ2) is 18.6. The predicted molar refractivity (Wildman–Crippen MR) is 231 cm³/mol. The monoisotopic (exact) mass is 1090 g/mol. The van der Waals surface area contributed by atoms with Crippen molar-refractivity contribution in [2.75, 3.05) is 0 Å². The zero-order valence-electron chi connectivity index (χ0n) is 28.8. The van der Waals surface area contributed by atoms with Crippen LogP contribution in [0.25, 0.3) is 90.9 Å². The van der Waals surface area contributed by atoms with Crippen LogP contribution in [0.4, 0.5) is 0 Å². The van der Waals surface area contributed by atoms with Gasteiger partial charge in [0.2, 0.25) is 0 Å². The molecule has 0 saturated carbocycles. The summed E-state index contributed by atoms with van der Waals surface area (Å²) in [5.74, 6) is 0. The molecule has 0 amide bonds. The number of hydrogen-bond donors (Lipinski definition) is 2. The molecular weight excluding hydrogens is 1070 g/mol. The number of rotatable bonds is 4. The third-order valence-electron chi connectivity index (χ3n) is 9.29. The summed E-state index contributed by atoms with van der Waals surface area (Å²) in [5.41, 5.74) is 15.6. The number of benzene rings is 4. The van der Waals surface area contributed by atoms with E-state index in [0.717, 1.165) is 107 Å². The fourth-order valence-corrected chi connectivity index (χ4v) is 7.94. The van der Waals surface area contributed by atoms with Crippen LogP contribution in [-0.4, -0.2) is 19.9 Å². The van der Waals surface area contributed by atoms with Crippen LogP contribution in [0.3, 0.4) is 0 Å². The molecule has 56 heavy (non-hydrogen) atoms. The zero-order chi connectivity index (χ0) is 35.3. The molecule has 2 aliphatic rings. The fraction of sp³-hybridized carbons (Fsp3) is 0. The first-order valence-corrected chi connectivity index (χ1v) is 19.8. The SMILES string of the molecule is Brc1ccc(-c2c3nc(c(-c4ccc(Br)cc4)c4ccc([nH]4)c(-c4ccc(Br)cc4)c4nc(c(-c5ccc(Br)cc5)c5ccc2[nH]5)C=C4)C=C3)cc1.[Cl-].[Cl-].[Cl-].[Fe+3]. The first kappa shape index (κ1) is 43.9. The van der Waals surface area contributed by atoms with Crippen LogP contribution in [0.15, 0.2) is 139 Å². The van der Waals surface area contributed by atoms with E-state index in [1.54, 1.807) is 0 Å². The van der Waals surface area contributed by atoms with Crippen molar-refractivity contribution in [2.45, 2.75) is 0 Å². The zero-order valence-corrected chi connectivity index (χ0v) is 38.5. The molecule has 0 saturated heterocycles. The second-order valence-electron chi connectivity index (χ2n) is 12.5. The molecule has 4 aromatic carbocycles. The average Bonchev–Trinajstić information content (AvgIpc) is 3.99. The van der Waals surface area contributed by atoms with E-state index in [9.17, 15) is 0 Å². The minimum Gasteiger partial charge on any atom is -1.00 e. The summed E-state index contributed by atoms with van der Waals surface area (Å²) in [5, 5.41) is 0. The van der Waals surface area contributed by atoms with E-state index in [1.165, 1.54) is 0 Å². The van der Waals surface area contributed by atoms with E-state index < -0.39 is 0 Å². The van der Waals surface area contributed by atoms with Crippen LogP contribution < -0.4 is 37.2 Å². The van der Waals surface area contributed by atoms with Crippen molar-refractivity contribution in [3.05, 3.63) is 162 Å². The smallest absolute Gasteiger partial charge is 1.00 e. The largest absolute Gasteiger partial charge is 3.00 e. The van der Waals surface area contributed by atoms with Crippen LogP contribution in [0.1, 0.15) is 22.8 Å². The number of H-pyrrole nitrogens is 2. The predicted octanol–water partition coefficient (Wildman–Crippen LogP) is 5.38. The van der Waals surface area contributed by atoms with Crippen molar-refractivity contribution >= 4 is 110 Å². The van der Waals surface area contributed by atoms with Crippen molar-refractivity contribution in [1.29, 1.82) is 0 Å². The Morgan fingerprint density at radius 1 is 0.304 bits per heavy atom. The van der Waals surface area contributed by atoms with Gasteiger partial charge >= 0.3 is 17.1 Å². The number of aromatic nitrogens is 4. The number of nitrogens with zero attached hydrogens (tertiary/aromatic N) is 2. The van der Waals surface area contributed by atoms with Gasteiger partial charge in [-0.05, 0) is 119 Å². The van der Waals surface area contributed by atoms with Gasteiger partial charge in [-0.1, -0.05) is 112 Å². The van der Waals surface area contributed by atoms with Crippen LogP contribution in [0.5, 0.6) is 0 Å². The molecule has 4 nitrogen and oxygen atoms in total. The molecule has 0 atom stereocenters. The molecule has 7 aromatic rings. The van der Waals surface area contributed by atoms with Gasteiger partial charge in [-0.2, -0.15) is 0 Å². The first-order chi connectivity index (χ1) is 25.4. The van der Waals surface area contributed by atoms with Crippen LogP contribution >= 0.6 is 63.7 Å². The van der Waals surface area contributed by atoms with Gasteiger partial charge in [0.25, 0.3) is 0 Å². The van der Waals surface area contributed by atoms with Crippen molar-refractivity contribution in [1.82, 2.24) is 19.9 Å². The van der Waals surface area contributed by atoms with Gasteiger partial charge in [0.05, 0.1) is 22.8 Å². The summed E-state index contributed by atoms with van der Waals surface area (Å²) in [6, 6.07) is 42.2. The molecule has 12 heteroatoms. The Kier molecular flexibility index (Phi) is 14.6. The van der Waals surface area contributed by atoms with Gasteiger partial charge in [0.1, 0.15) is 0 Å². The fourth-order valence-electron chi connectivity index (χ4n) is 6.89. The molecule has 2 N–H and O–H groups in total. The normalized spacial score (nSPS) is 11.2. The Balaban J connectivity index is 0.00000150. The Labute approximate surface area is 387 Å². The summed E-state index contributed by atoms with van der Waals surface area (Å²) < 4.78 is 4.07. The standard InChI is InChI=1S/C44H26Br4N4.3ClH.Fe/c45-29-9-1-25(2-10-29)41-33-17-19-35(49-33)42(26-3-11-30(46)12-4-26)37-21-23-39(51-37)44(28-7-15-32(48)16-8-28)40-24-22-38(52-40)43(36-20-18-34(41)50-36)27-5-13-31(47)14-6-27;;;;/h1-24,49,52H;3*1H;/q;;;;+3/p-3. The minimum atomic E-state index is 0. The van der Waals surface area contributed by atoms with E-state index >= 15 is 0 Å². The number of nitrogens with one attached hydrogen (secondary N) is 2. The third kappa shape index (κ3) is 8.63. The van der Waals surface area contributed by atoms with Crippen molar-refractivity contribution in [2.24, 2.45) is 0 Å². The maximum atomic E-state index is 5.38. The average molecular weight is 1090 g/mol. The number of fused-ring (bicyclic) bond motifs is 8. The molecule has 2 aliphatic heterocycles. The van der Waals surface area contributed by atoms with E-state index in [0.29, 0.717) is 0 Å². The maximum absolute atomic E-state index is 5.38. The minimum absolute atomic E-state index is 0. The molecule has 0 spiro atoms. The molecule has 5 heterocycles. The molecule has 9 rings (SSSR count). The molecular formula is C44H26Br4Cl3FeN4. The molecule has 0 aliphatic carbocycles. The Morgan fingerprint density at radius 2 is 0.500 bits per heavy atom. The van der Waals surface area contributed by atoms with Gasteiger partial charge in [0.15, 0.2) is 0 Å². The number of aromatic amines is 2. The van der Waals surface area contributed by atoms with Crippen molar-refractivity contribution < 1.29 is 54.3 Å². The van der Waals surface area contributed by atoms with Crippen LogP contribution in [-0.2, 0) is 17.1 Å². The Hall–Kier alpha value is -3.21. The molecule has 279 valence electrons. The summed E-state index contributed by atoms with van der Waals surface area (Å²) in [7, 11) is 0. The van der Waals surface area contributed by atoms with Crippen LogP contribution in [0.2, 0.25) is 0 Å². The van der Waals surface area contributed by atoms with Crippen LogP contribution in [0, 0.1) is 0 Å². The van der Waals surface area contributed by atoms with E-state index in [2.05, 4.69) is 219 Å². The summed E-state index contributed by atoms with van der Waals surface area (Å²) in [6.07, 6.45) is 8.49.